The highest BCUT2D eigenvalue weighted by atomic mass is 35.5. The molecule has 2 rings (SSSR count). The van der Waals surface area contributed by atoms with Gasteiger partial charge in [-0.25, -0.2) is 0 Å². The summed E-state index contributed by atoms with van der Waals surface area (Å²) >= 11 is 5.93. The molecule has 0 bridgehead atoms. The molecule has 0 unspecified atom stereocenters. The quantitative estimate of drug-likeness (QED) is 0.509. The maximum atomic E-state index is 6.10. The Bertz CT molecular complexity index is 478. The van der Waals surface area contributed by atoms with Gasteiger partial charge in [-0.05, 0) is 51.3 Å². The zero-order valence-electron chi connectivity index (χ0n) is 13.5. The third kappa shape index (κ3) is 5.07. The first kappa shape index (κ1) is 16.9. The van der Waals surface area contributed by atoms with E-state index in [9.17, 15) is 0 Å². The predicted octanol–water partition coefficient (Wildman–Crippen LogP) is 1.73. The van der Waals surface area contributed by atoms with E-state index in [1.165, 1.54) is 5.69 Å². The van der Waals surface area contributed by atoms with E-state index >= 15 is 0 Å². The first-order valence-corrected chi connectivity index (χ1v) is 8.14. The standard InChI is InChI=1S/C16H26ClN5/c1-20(2)9-3-8-19-16(18)22-12-10-21(11-13-22)15-6-4-14(17)5-7-15/h4-7H,3,8-13H2,1-2H3,(H2,18,19). The smallest absolute Gasteiger partial charge is 0.191 e. The van der Waals surface area contributed by atoms with Crippen LogP contribution >= 0.6 is 11.6 Å². The molecule has 6 heteroatoms. The van der Waals surface area contributed by atoms with Crippen molar-refractivity contribution in [2.45, 2.75) is 6.42 Å². The second kappa shape index (κ2) is 8.25. The molecule has 2 N–H and O–H groups in total. The van der Waals surface area contributed by atoms with Gasteiger partial charge >= 0.3 is 0 Å². The lowest BCUT2D eigenvalue weighted by atomic mass is 10.2. The number of benzene rings is 1. The molecule has 1 aliphatic heterocycles. The van der Waals surface area contributed by atoms with Crippen LogP contribution < -0.4 is 10.6 Å². The molecule has 0 atom stereocenters. The van der Waals surface area contributed by atoms with Crippen LogP contribution in [0, 0.1) is 0 Å². The fourth-order valence-electron chi connectivity index (χ4n) is 2.53. The second-order valence-electron chi connectivity index (χ2n) is 5.85. The van der Waals surface area contributed by atoms with Crippen LogP contribution in [0.2, 0.25) is 5.02 Å². The van der Waals surface area contributed by atoms with E-state index in [1.54, 1.807) is 0 Å². The molecule has 0 spiro atoms. The van der Waals surface area contributed by atoms with Gasteiger partial charge in [-0.15, -0.1) is 0 Å². The molecule has 1 aromatic rings. The van der Waals surface area contributed by atoms with Crippen molar-refractivity contribution in [3.05, 3.63) is 29.3 Å². The summed E-state index contributed by atoms with van der Waals surface area (Å²) in [5, 5.41) is 0.775. The van der Waals surface area contributed by atoms with Gasteiger partial charge in [0.25, 0.3) is 0 Å². The molecule has 1 fully saturated rings. The maximum absolute atomic E-state index is 6.10. The number of anilines is 1. The van der Waals surface area contributed by atoms with Crippen molar-refractivity contribution in [3.8, 4) is 0 Å². The third-order valence-electron chi connectivity index (χ3n) is 3.83. The lowest BCUT2D eigenvalue weighted by Gasteiger charge is -2.36. The van der Waals surface area contributed by atoms with Crippen molar-refractivity contribution in [3.63, 3.8) is 0 Å². The third-order valence-corrected chi connectivity index (χ3v) is 4.08. The molecule has 22 heavy (non-hydrogen) atoms. The number of nitrogens with two attached hydrogens (primary N) is 1. The molecule has 1 saturated heterocycles. The van der Waals surface area contributed by atoms with E-state index in [1.807, 2.05) is 12.1 Å². The Morgan fingerprint density at radius 3 is 2.41 bits per heavy atom. The van der Waals surface area contributed by atoms with E-state index in [4.69, 9.17) is 17.3 Å². The van der Waals surface area contributed by atoms with Gasteiger partial charge in [-0.3, -0.25) is 4.99 Å². The van der Waals surface area contributed by atoms with Gasteiger partial charge in [0, 0.05) is 43.4 Å². The fraction of sp³-hybridized carbons (Fsp3) is 0.562. The van der Waals surface area contributed by atoms with E-state index in [0.717, 1.165) is 50.7 Å². The molecular formula is C16H26ClN5. The van der Waals surface area contributed by atoms with Crippen molar-refractivity contribution < 1.29 is 0 Å². The number of hydrogen-bond donors (Lipinski definition) is 1. The minimum atomic E-state index is 0.675. The largest absolute Gasteiger partial charge is 0.370 e. The van der Waals surface area contributed by atoms with Gasteiger partial charge in [0.15, 0.2) is 5.96 Å². The number of halogens is 1. The minimum absolute atomic E-state index is 0.675. The Balaban J connectivity index is 1.78. The van der Waals surface area contributed by atoms with Crippen molar-refractivity contribution in [2.75, 3.05) is 58.3 Å². The first-order chi connectivity index (χ1) is 10.6. The molecule has 0 amide bonds. The van der Waals surface area contributed by atoms with Crippen LogP contribution in [0.15, 0.2) is 29.3 Å². The molecule has 1 aliphatic rings. The van der Waals surface area contributed by atoms with Gasteiger partial charge in [-0.2, -0.15) is 0 Å². The molecule has 0 aliphatic carbocycles. The average molecular weight is 324 g/mol. The van der Waals surface area contributed by atoms with Gasteiger partial charge in [-0.1, -0.05) is 11.6 Å². The lowest BCUT2D eigenvalue weighted by molar-refractivity contribution is 0.378. The van der Waals surface area contributed by atoms with Crippen molar-refractivity contribution in [2.24, 2.45) is 10.7 Å². The van der Waals surface area contributed by atoms with E-state index < -0.39 is 0 Å². The van der Waals surface area contributed by atoms with Crippen LogP contribution in [0.3, 0.4) is 0 Å². The summed E-state index contributed by atoms with van der Waals surface area (Å²) in [6.07, 6.45) is 1.04. The Hall–Kier alpha value is -1.46. The number of piperazine rings is 1. The van der Waals surface area contributed by atoms with Crippen LogP contribution in [-0.4, -0.2) is 69.1 Å². The maximum Gasteiger partial charge on any atom is 0.191 e. The van der Waals surface area contributed by atoms with Crippen LogP contribution in [0.1, 0.15) is 6.42 Å². The van der Waals surface area contributed by atoms with Gasteiger partial charge < -0.3 is 20.4 Å². The Labute approximate surface area is 138 Å². The van der Waals surface area contributed by atoms with E-state index in [0.29, 0.717) is 5.96 Å². The van der Waals surface area contributed by atoms with Crippen molar-refractivity contribution in [1.29, 1.82) is 0 Å². The highest BCUT2D eigenvalue weighted by Gasteiger charge is 2.18. The Kier molecular flexibility index (Phi) is 6.34. The van der Waals surface area contributed by atoms with Gasteiger partial charge in [0.1, 0.15) is 0 Å². The summed E-state index contributed by atoms with van der Waals surface area (Å²) in [5.41, 5.74) is 7.31. The second-order valence-corrected chi connectivity index (χ2v) is 6.28. The Morgan fingerprint density at radius 1 is 1.18 bits per heavy atom. The van der Waals surface area contributed by atoms with Gasteiger partial charge in [0.2, 0.25) is 0 Å². The molecule has 0 saturated carbocycles. The summed E-state index contributed by atoms with van der Waals surface area (Å²) in [4.78, 5) is 11.2. The Morgan fingerprint density at radius 2 is 1.82 bits per heavy atom. The van der Waals surface area contributed by atoms with Crippen LogP contribution in [0.4, 0.5) is 5.69 Å². The number of hydrogen-bond acceptors (Lipinski definition) is 3. The highest BCUT2D eigenvalue weighted by Crippen LogP contribution is 2.19. The van der Waals surface area contributed by atoms with Crippen LogP contribution in [0.5, 0.6) is 0 Å². The van der Waals surface area contributed by atoms with E-state index in [2.05, 4.69) is 45.9 Å². The summed E-state index contributed by atoms with van der Waals surface area (Å²) in [7, 11) is 4.14. The SMILES string of the molecule is CN(C)CCCN=C(N)N1CCN(c2ccc(Cl)cc2)CC1. The molecule has 122 valence electrons. The molecule has 0 radical (unpaired) electrons. The average Bonchev–Trinajstić information content (AvgIpc) is 2.52. The summed E-state index contributed by atoms with van der Waals surface area (Å²) < 4.78 is 0. The fourth-order valence-corrected chi connectivity index (χ4v) is 2.65. The summed E-state index contributed by atoms with van der Waals surface area (Å²) in [6.45, 7) is 5.56. The number of nitrogens with zero attached hydrogens (tertiary/aromatic N) is 4. The van der Waals surface area contributed by atoms with Gasteiger partial charge in [0.05, 0.1) is 0 Å². The first-order valence-electron chi connectivity index (χ1n) is 7.76. The van der Waals surface area contributed by atoms with Crippen molar-refractivity contribution in [1.82, 2.24) is 9.80 Å². The molecule has 1 aromatic carbocycles. The summed E-state index contributed by atoms with van der Waals surface area (Å²) in [6, 6.07) is 8.00. The molecule has 0 aromatic heterocycles. The normalized spacial score (nSPS) is 16.5. The van der Waals surface area contributed by atoms with Crippen molar-refractivity contribution >= 4 is 23.2 Å². The molecule has 1 heterocycles. The minimum Gasteiger partial charge on any atom is -0.370 e. The summed E-state index contributed by atoms with van der Waals surface area (Å²) in [5.74, 6) is 0.675. The van der Waals surface area contributed by atoms with E-state index in [-0.39, 0.29) is 0 Å². The van der Waals surface area contributed by atoms with Crippen LogP contribution in [0.25, 0.3) is 0 Å². The monoisotopic (exact) mass is 323 g/mol. The number of guanidine groups is 1. The molecular weight excluding hydrogens is 298 g/mol. The number of rotatable bonds is 5. The molecule has 5 nitrogen and oxygen atoms in total. The zero-order chi connectivity index (χ0) is 15.9. The topological polar surface area (TPSA) is 48.1 Å². The zero-order valence-corrected chi connectivity index (χ0v) is 14.3. The number of aliphatic imine (C=N–C) groups is 1. The highest BCUT2D eigenvalue weighted by molar-refractivity contribution is 6.30. The predicted molar refractivity (Wildman–Crippen MR) is 94.9 cm³/mol. The van der Waals surface area contributed by atoms with Crippen LogP contribution in [-0.2, 0) is 0 Å². The lowest BCUT2D eigenvalue weighted by Crippen LogP contribution is -2.51.